The topological polar surface area (TPSA) is 52.6 Å². The Morgan fingerprint density at radius 3 is 2.83 bits per heavy atom. The van der Waals surface area contributed by atoms with Crippen molar-refractivity contribution in [3.63, 3.8) is 0 Å². The van der Waals surface area contributed by atoms with Gasteiger partial charge in [0.1, 0.15) is 6.10 Å². The lowest BCUT2D eigenvalue weighted by molar-refractivity contribution is -0.138. The van der Waals surface area contributed by atoms with Gasteiger partial charge in [-0.25, -0.2) is 0 Å². The maximum Gasteiger partial charge on any atom is 0.251 e. The van der Waals surface area contributed by atoms with Crippen LogP contribution in [0, 0.1) is 0 Å². The van der Waals surface area contributed by atoms with Crippen LogP contribution in [0.1, 0.15) is 13.3 Å². The summed E-state index contributed by atoms with van der Waals surface area (Å²) < 4.78 is 0. The summed E-state index contributed by atoms with van der Waals surface area (Å²) in [6.07, 6.45) is 0.121. The zero-order chi connectivity index (χ0) is 9.14. The van der Waals surface area contributed by atoms with Crippen LogP contribution in [0.5, 0.6) is 0 Å². The third-order valence-electron chi connectivity index (χ3n) is 2.27. The molecule has 1 saturated heterocycles. The third kappa shape index (κ3) is 1.95. The van der Waals surface area contributed by atoms with Gasteiger partial charge in [-0.1, -0.05) is 0 Å². The Hall–Kier alpha value is -0.610. The third-order valence-corrected chi connectivity index (χ3v) is 2.27. The van der Waals surface area contributed by atoms with Crippen LogP contribution in [0.4, 0.5) is 0 Å². The molecule has 1 heterocycles. The second kappa shape index (κ2) is 3.87. The van der Waals surface area contributed by atoms with Crippen molar-refractivity contribution < 1.29 is 9.90 Å². The molecule has 0 radical (unpaired) electrons. The fourth-order valence-corrected chi connectivity index (χ4v) is 1.46. The van der Waals surface area contributed by atoms with Crippen molar-refractivity contribution in [2.45, 2.75) is 25.5 Å². The first-order chi connectivity index (χ1) is 5.65. The molecule has 0 unspecified atom stereocenters. The molecule has 4 heteroatoms. The molecule has 1 fully saturated rings. The molecule has 0 aliphatic carbocycles. The molecular formula is C8H16N2O2. The van der Waals surface area contributed by atoms with E-state index in [1.165, 1.54) is 6.92 Å². The predicted octanol–water partition coefficient (Wildman–Crippen LogP) is -0.812. The maximum absolute atomic E-state index is 11.3. The van der Waals surface area contributed by atoms with Crippen LogP contribution in [-0.2, 0) is 4.79 Å². The number of aliphatic hydroxyl groups excluding tert-OH is 1. The van der Waals surface area contributed by atoms with E-state index in [0.717, 1.165) is 19.5 Å². The first-order valence-corrected chi connectivity index (χ1v) is 4.29. The summed E-state index contributed by atoms with van der Waals surface area (Å²) in [5.74, 6) is -0.159. The van der Waals surface area contributed by atoms with Crippen molar-refractivity contribution in [2.75, 3.05) is 20.1 Å². The average Bonchev–Trinajstić information content (AvgIpc) is 2.50. The minimum Gasteiger partial charge on any atom is -0.384 e. The van der Waals surface area contributed by atoms with E-state index < -0.39 is 6.10 Å². The van der Waals surface area contributed by atoms with Gasteiger partial charge in [0, 0.05) is 19.1 Å². The lowest BCUT2D eigenvalue weighted by Gasteiger charge is -2.17. The number of hydrogen-bond acceptors (Lipinski definition) is 3. The average molecular weight is 172 g/mol. The molecule has 1 rings (SSSR count). The highest BCUT2D eigenvalue weighted by Crippen LogP contribution is 2.09. The zero-order valence-electron chi connectivity index (χ0n) is 7.58. The number of likely N-dealkylation sites (N-methyl/N-ethyl adjacent to an activating group) is 1. The molecule has 70 valence electrons. The zero-order valence-corrected chi connectivity index (χ0v) is 7.58. The molecule has 1 aliphatic heterocycles. The summed E-state index contributed by atoms with van der Waals surface area (Å²) in [7, 11) is 1.89. The van der Waals surface area contributed by atoms with E-state index in [4.69, 9.17) is 5.11 Å². The summed E-state index contributed by atoms with van der Waals surface area (Å²) in [5.41, 5.74) is 0. The lowest BCUT2D eigenvalue weighted by Crippen LogP contribution is -2.38. The van der Waals surface area contributed by atoms with E-state index >= 15 is 0 Å². The monoisotopic (exact) mass is 172 g/mol. The van der Waals surface area contributed by atoms with Gasteiger partial charge in [-0.2, -0.15) is 0 Å². The van der Waals surface area contributed by atoms with Crippen molar-refractivity contribution >= 4 is 5.91 Å². The van der Waals surface area contributed by atoms with E-state index in [1.54, 1.807) is 4.90 Å². The van der Waals surface area contributed by atoms with E-state index in [-0.39, 0.29) is 5.91 Å². The van der Waals surface area contributed by atoms with Crippen LogP contribution in [0.25, 0.3) is 0 Å². The number of hydrogen-bond donors (Lipinski definition) is 2. The minimum atomic E-state index is -0.861. The molecule has 2 atom stereocenters. The van der Waals surface area contributed by atoms with E-state index in [2.05, 4.69) is 5.32 Å². The van der Waals surface area contributed by atoms with Gasteiger partial charge in [0.25, 0.3) is 5.91 Å². The van der Waals surface area contributed by atoms with Gasteiger partial charge >= 0.3 is 0 Å². The molecule has 0 spiro atoms. The molecule has 1 amide bonds. The maximum atomic E-state index is 11.3. The fourth-order valence-electron chi connectivity index (χ4n) is 1.46. The SMILES string of the molecule is CN[C@H]1CCN(C(=O)[C@H](C)O)C1. The quantitative estimate of drug-likeness (QED) is 0.572. The van der Waals surface area contributed by atoms with E-state index in [0.29, 0.717) is 6.04 Å². The molecule has 0 saturated carbocycles. The Balaban J connectivity index is 2.41. The number of nitrogens with one attached hydrogen (secondary N) is 1. The molecule has 0 bridgehead atoms. The summed E-state index contributed by atoms with van der Waals surface area (Å²) in [6, 6.07) is 0.396. The van der Waals surface area contributed by atoms with E-state index in [1.807, 2.05) is 7.05 Å². The second-order valence-corrected chi connectivity index (χ2v) is 3.23. The number of rotatable bonds is 2. The van der Waals surface area contributed by atoms with Crippen LogP contribution in [0.15, 0.2) is 0 Å². The Kier molecular flexibility index (Phi) is 3.05. The van der Waals surface area contributed by atoms with Crippen LogP contribution in [-0.4, -0.2) is 48.2 Å². The number of likely N-dealkylation sites (tertiary alicyclic amines) is 1. The molecule has 0 aromatic carbocycles. The van der Waals surface area contributed by atoms with Gasteiger partial charge in [-0.15, -0.1) is 0 Å². The molecular weight excluding hydrogens is 156 g/mol. The smallest absolute Gasteiger partial charge is 0.251 e. The van der Waals surface area contributed by atoms with Crippen LogP contribution >= 0.6 is 0 Å². The highest BCUT2D eigenvalue weighted by Gasteiger charge is 2.26. The van der Waals surface area contributed by atoms with Crippen LogP contribution < -0.4 is 5.32 Å². The van der Waals surface area contributed by atoms with E-state index in [9.17, 15) is 4.79 Å². The van der Waals surface area contributed by atoms with Crippen molar-refractivity contribution in [2.24, 2.45) is 0 Å². The van der Waals surface area contributed by atoms with Gasteiger partial charge in [-0.3, -0.25) is 4.79 Å². The van der Waals surface area contributed by atoms with Crippen molar-refractivity contribution in [3.05, 3.63) is 0 Å². The first-order valence-electron chi connectivity index (χ1n) is 4.29. The van der Waals surface area contributed by atoms with Crippen molar-refractivity contribution in [1.82, 2.24) is 10.2 Å². The van der Waals surface area contributed by atoms with Gasteiger partial charge in [-0.05, 0) is 20.4 Å². The largest absolute Gasteiger partial charge is 0.384 e. The van der Waals surface area contributed by atoms with Crippen molar-refractivity contribution in [3.8, 4) is 0 Å². The first kappa shape index (κ1) is 9.48. The molecule has 2 N–H and O–H groups in total. The Morgan fingerprint density at radius 1 is 1.75 bits per heavy atom. The highest BCUT2D eigenvalue weighted by molar-refractivity contribution is 5.80. The Bertz CT molecular complexity index is 170. The summed E-state index contributed by atoms with van der Waals surface area (Å²) in [5, 5.41) is 12.1. The lowest BCUT2D eigenvalue weighted by atomic mass is 10.3. The molecule has 0 aromatic heterocycles. The summed E-state index contributed by atoms with van der Waals surface area (Å²) >= 11 is 0. The number of carbonyl (C=O) groups excluding carboxylic acids is 1. The Morgan fingerprint density at radius 2 is 2.42 bits per heavy atom. The summed E-state index contributed by atoms with van der Waals surface area (Å²) in [6.45, 7) is 2.99. The fraction of sp³-hybridized carbons (Fsp3) is 0.875. The normalized spacial score (nSPS) is 25.9. The van der Waals surface area contributed by atoms with Crippen LogP contribution in [0.3, 0.4) is 0 Å². The summed E-state index contributed by atoms with van der Waals surface area (Å²) in [4.78, 5) is 13.0. The number of carbonyl (C=O) groups is 1. The van der Waals surface area contributed by atoms with Gasteiger partial charge in [0.05, 0.1) is 0 Å². The molecule has 0 aromatic rings. The molecule has 4 nitrogen and oxygen atoms in total. The Labute approximate surface area is 72.6 Å². The second-order valence-electron chi connectivity index (χ2n) is 3.23. The van der Waals surface area contributed by atoms with Gasteiger partial charge in [0.15, 0.2) is 0 Å². The van der Waals surface area contributed by atoms with Gasteiger partial charge in [0.2, 0.25) is 0 Å². The highest BCUT2D eigenvalue weighted by atomic mass is 16.3. The standard InChI is InChI=1S/C8H16N2O2/c1-6(11)8(12)10-4-3-7(5-10)9-2/h6-7,9,11H,3-5H2,1-2H3/t6-,7-/m0/s1. The number of nitrogens with zero attached hydrogens (tertiary/aromatic N) is 1. The number of aliphatic hydroxyl groups is 1. The van der Waals surface area contributed by atoms with Crippen molar-refractivity contribution in [1.29, 1.82) is 0 Å². The number of amides is 1. The molecule has 12 heavy (non-hydrogen) atoms. The van der Waals surface area contributed by atoms with Crippen LogP contribution in [0.2, 0.25) is 0 Å². The molecule has 1 aliphatic rings. The van der Waals surface area contributed by atoms with Gasteiger partial charge < -0.3 is 15.3 Å². The minimum absolute atomic E-state index is 0.159. The predicted molar refractivity (Wildman–Crippen MR) is 45.7 cm³/mol.